The largest absolute Gasteiger partial charge is 0.480 e. The minimum Gasteiger partial charge on any atom is -0.480 e. The molecule has 30 heavy (non-hydrogen) atoms. The summed E-state index contributed by atoms with van der Waals surface area (Å²) in [6.45, 7) is 1.93. The normalized spacial score (nSPS) is 11.6. The molecule has 4 nitrogen and oxygen atoms in total. The molecule has 0 aliphatic heterocycles. The SMILES string of the molecule is CC[C@H](Oc1cccc2ccccc12)C(=O)Nc1ccccc1Oc1ccccc1. The van der Waals surface area contributed by atoms with Crippen LogP contribution in [0.4, 0.5) is 5.69 Å². The van der Waals surface area contributed by atoms with Gasteiger partial charge in [0.05, 0.1) is 5.69 Å². The van der Waals surface area contributed by atoms with E-state index in [-0.39, 0.29) is 5.91 Å². The summed E-state index contributed by atoms with van der Waals surface area (Å²) in [4.78, 5) is 13.0. The molecule has 0 radical (unpaired) electrons. The van der Waals surface area contributed by atoms with Crippen LogP contribution in [0, 0.1) is 0 Å². The van der Waals surface area contributed by atoms with E-state index < -0.39 is 6.10 Å². The van der Waals surface area contributed by atoms with E-state index in [1.807, 2.05) is 104 Å². The van der Waals surface area contributed by atoms with Gasteiger partial charge in [0, 0.05) is 5.39 Å². The predicted molar refractivity (Wildman–Crippen MR) is 120 cm³/mol. The molecular weight excluding hydrogens is 374 g/mol. The fraction of sp³-hybridized carbons (Fsp3) is 0.115. The van der Waals surface area contributed by atoms with Crippen LogP contribution in [0.15, 0.2) is 97.1 Å². The van der Waals surface area contributed by atoms with Crippen LogP contribution < -0.4 is 14.8 Å². The smallest absolute Gasteiger partial charge is 0.265 e. The number of amides is 1. The van der Waals surface area contributed by atoms with Crippen molar-refractivity contribution in [1.29, 1.82) is 0 Å². The Hall–Kier alpha value is -3.79. The third-order valence-electron chi connectivity index (χ3n) is 4.80. The third-order valence-corrected chi connectivity index (χ3v) is 4.80. The Morgan fingerprint density at radius 3 is 2.30 bits per heavy atom. The van der Waals surface area contributed by atoms with Crippen molar-refractivity contribution in [2.45, 2.75) is 19.4 Å². The highest BCUT2D eigenvalue weighted by Gasteiger charge is 2.21. The highest BCUT2D eigenvalue weighted by atomic mass is 16.5. The number of para-hydroxylation sites is 3. The second-order valence-electron chi connectivity index (χ2n) is 6.89. The molecule has 0 aromatic heterocycles. The Labute approximate surface area is 176 Å². The van der Waals surface area contributed by atoms with E-state index in [4.69, 9.17) is 9.47 Å². The number of carbonyl (C=O) groups excluding carboxylic acids is 1. The lowest BCUT2D eigenvalue weighted by molar-refractivity contribution is -0.122. The predicted octanol–water partition coefficient (Wildman–Crippen LogP) is 6.43. The zero-order chi connectivity index (χ0) is 20.8. The van der Waals surface area contributed by atoms with Gasteiger partial charge in [-0.15, -0.1) is 0 Å². The molecule has 0 fully saturated rings. The average molecular weight is 397 g/mol. The molecule has 0 saturated carbocycles. The van der Waals surface area contributed by atoms with E-state index in [1.165, 1.54) is 0 Å². The van der Waals surface area contributed by atoms with Crippen molar-refractivity contribution in [3.8, 4) is 17.2 Å². The first-order valence-electron chi connectivity index (χ1n) is 10.0. The van der Waals surface area contributed by atoms with E-state index in [0.29, 0.717) is 29.4 Å². The standard InChI is InChI=1S/C26H23NO3/c1-2-23(30-24-18-10-12-19-11-6-7-15-21(19)24)26(28)27-22-16-8-9-17-25(22)29-20-13-4-3-5-14-20/h3-18,23H,2H2,1H3,(H,27,28)/t23-/m0/s1. The third kappa shape index (κ3) is 4.44. The second kappa shape index (κ2) is 9.14. The summed E-state index contributed by atoms with van der Waals surface area (Å²) >= 11 is 0. The lowest BCUT2D eigenvalue weighted by Gasteiger charge is -2.19. The second-order valence-corrected chi connectivity index (χ2v) is 6.89. The van der Waals surface area contributed by atoms with Gasteiger partial charge in [-0.3, -0.25) is 4.79 Å². The van der Waals surface area contributed by atoms with Gasteiger partial charge in [-0.05, 0) is 42.1 Å². The molecule has 0 saturated heterocycles. The van der Waals surface area contributed by atoms with Gasteiger partial charge in [0.15, 0.2) is 11.9 Å². The number of fused-ring (bicyclic) bond motifs is 1. The molecule has 0 aliphatic carbocycles. The molecule has 0 bridgehead atoms. The molecule has 0 heterocycles. The van der Waals surface area contributed by atoms with Crippen molar-refractivity contribution in [2.75, 3.05) is 5.32 Å². The molecule has 150 valence electrons. The molecule has 0 unspecified atom stereocenters. The molecule has 1 amide bonds. The molecule has 1 atom stereocenters. The van der Waals surface area contributed by atoms with Crippen LogP contribution in [0.5, 0.6) is 17.2 Å². The molecule has 4 aromatic rings. The van der Waals surface area contributed by atoms with Crippen molar-refractivity contribution in [3.05, 3.63) is 97.1 Å². The Morgan fingerprint density at radius 1 is 0.800 bits per heavy atom. The number of anilines is 1. The van der Waals surface area contributed by atoms with Crippen molar-refractivity contribution in [3.63, 3.8) is 0 Å². The van der Waals surface area contributed by atoms with E-state index in [0.717, 1.165) is 10.8 Å². The number of ether oxygens (including phenoxy) is 2. The Balaban J connectivity index is 1.53. The monoisotopic (exact) mass is 397 g/mol. The first-order chi connectivity index (χ1) is 14.7. The zero-order valence-corrected chi connectivity index (χ0v) is 16.7. The Bertz CT molecular complexity index is 1140. The minimum absolute atomic E-state index is 0.213. The number of benzene rings is 4. The number of nitrogens with one attached hydrogen (secondary N) is 1. The van der Waals surface area contributed by atoms with Crippen LogP contribution in [0.3, 0.4) is 0 Å². The number of carbonyl (C=O) groups is 1. The number of hydrogen-bond donors (Lipinski definition) is 1. The first kappa shape index (κ1) is 19.5. The van der Waals surface area contributed by atoms with Gasteiger partial charge in [0.1, 0.15) is 11.5 Å². The van der Waals surface area contributed by atoms with Gasteiger partial charge in [-0.2, -0.15) is 0 Å². The van der Waals surface area contributed by atoms with Gasteiger partial charge in [-0.1, -0.05) is 73.7 Å². The van der Waals surface area contributed by atoms with Crippen LogP contribution in [0.1, 0.15) is 13.3 Å². The van der Waals surface area contributed by atoms with Crippen LogP contribution in [0.2, 0.25) is 0 Å². The maximum Gasteiger partial charge on any atom is 0.265 e. The van der Waals surface area contributed by atoms with Crippen LogP contribution >= 0.6 is 0 Å². The topological polar surface area (TPSA) is 47.6 Å². The van der Waals surface area contributed by atoms with Gasteiger partial charge in [0.2, 0.25) is 0 Å². The van der Waals surface area contributed by atoms with Crippen molar-refractivity contribution in [2.24, 2.45) is 0 Å². The van der Waals surface area contributed by atoms with Crippen LogP contribution in [-0.4, -0.2) is 12.0 Å². The zero-order valence-electron chi connectivity index (χ0n) is 16.7. The quantitative estimate of drug-likeness (QED) is 0.391. The summed E-state index contributed by atoms with van der Waals surface area (Å²) in [5.74, 6) is 1.77. The summed E-state index contributed by atoms with van der Waals surface area (Å²) in [7, 11) is 0. The summed E-state index contributed by atoms with van der Waals surface area (Å²) in [5, 5.41) is 5.02. The average Bonchev–Trinajstić information content (AvgIpc) is 2.79. The Morgan fingerprint density at radius 2 is 1.47 bits per heavy atom. The van der Waals surface area contributed by atoms with Crippen LogP contribution in [-0.2, 0) is 4.79 Å². The molecule has 4 rings (SSSR count). The fourth-order valence-electron chi connectivity index (χ4n) is 3.26. The van der Waals surface area contributed by atoms with E-state index in [9.17, 15) is 4.79 Å². The first-order valence-corrected chi connectivity index (χ1v) is 10.0. The van der Waals surface area contributed by atoms with Crippen LogP contribution in [0.25, 0.3) is 10.8 Å². The van der Waals surface area contributed by atoms with E-state index in [1.54, 1.807) is 0 Å². The molecule has 0 spiro atoms. The summed E-state index contributed by atoms with van der Waals surface area (Å²) < 4.78 is 12.1. The molecule has 0 aliphatic rings. The maximum absolute atomic E-state index is 13.0. The highest BCUT2D eigenvalue weighted by Crippen LogP contribution is 2.30. The maximum atomic E-state index is 13.0. The highest BCUT2D eigenvalue weighted by molar-refractivity contribution is 5.96. The van der Waals surface area contributed by atoms with Gasteiger partial charge >= 0.3 is 0 Å². The molecule has 4 heteroatoms. The number of rotatable bonds is 7. The van der Waals surface area contributed by atoms with Gasteiger partial charge < -0.3 is 14.8 Å². The molecule has 4 aromatic carbocycles. The lowest BCUT2D eigenvalue weighted by atomic mass is 10.1. The summed E-state index contributed by atoms with van der Waals surface area (Å²) in [6.07, 6.45) is -0.0860. The Kier molecular flexibility index (Phi) is 5.95. The molecular formula is C26H23NO3. The summed E-state index contributed by atoms with van der Waals surface area (Å²) in [5.41, 5.74) is 0.603. The van der Waals surface area contributed by atoms with Gasteiger partial charge in [-0.25, -0.2) is 0 Å². The van der Waals surface area contributed by atoms with Crippen molar-refractivity contribution < 1.29 is 14.3 Å². The van der Waals surface area contributed by atoms with Crippen molar-refractivity contribution in [1.82, 2.24) is 0 Å². The minimum atomic E-state index is -0.624. The molecule has 1 N–H and O–H groups in total. The fourth-order valence-corrected chi connectivity index (χ4v) is 3.26. The van der Waals surface area contributed by atoms with Crippen molar-refractivity contribution >= 4 is 22.4 Å². The van der Waals surface area contributed by atoms with E-state index >= 15 is 0 Å². The number of hydrogen-bond acceptors (Lipinski definition) is 3. The van der Waals surface area contributed by atoms with Gasteiger partial charge in [0.25, 0.3) is 5.91 Å². The summed E-state index contributed by atoms with van der Waals surface area (Å²) in [6, 6.07) is 30.7. The van der Waals surface area contributed by atoms with E-state index in [2.05, 4.69) is 5.32 Å². The lowest BCUT2D eigenvalue weighted by Crippen LogP contribution is -2.32.